The zero-order chi connectivity index (χ0) is 14.6. The van der Waals surface area contributed by atoms with Crippen LogP contribution in [0.1, 0.15) is 26.3 Å². The van der Waals surface area contributed by atoms with Crippen LogP contribution in [0.4, 0.5) is 8.78 Å². The van der Waals surface area contributed by atoms with E-state index >= 15 is 0 Å². The van der Waals surface area contributed by atoms with Crippen molar-refractivity contribution in [2.75, 3.05) is 6.54 Å². The van der Waals surface area contributed by atoms with Crippen molar-refractivity contribution < 1.29 is 13.6 Å². The van der Waals surface area contributed by atoms with E-state index in [4.69, 9.17) is 5.73 Å². The Morgan fingerprint density at radius 3 is 2.26 bits per heavy atom. The molecular weight excluding hydrogens is 250 g/mol. The van der Waals surface area contributed by atoms with E-state index in [1.54, 1.807) is 0 Å². The van der Waals surface area contributed by atoms with Gasteiger partial charge in [0.05, 0.1) is 6.04 Å². The van der Waals surface area contributed by atoms with E-state index in [2.05, 4.69) is 5.32 Å². The van der Waals surface area contributed by atoms with E-state index in [-0.39, 0.29) is 11.3 Å². The predicted octanol–water partition coefficient (Wildman–Crippen LogP) is 2.00. The third kappa shape index (κ3) is 4.95. The predicted molar refractivity (Wildman–Crippen MR) is 70.5 cm³/mol. The molecule has 1 atom stereocenters. The van der Waals surface area contributed by atoms with Gasteiger partial charge in [0, 0.05) is 12.6 Å². The van der Waals surface area contributed by atoms with Gasteiger partial charge >= 0.3 is 0 Å². The number of benzene rings is 1. The lowest BCUT2D eigenvalue weighted by molar-refractivity contribution is -0.124. The molecular formula is C14H20F2N2O. The Morgan fingerprint density at radius 2 is 1.79 bits per heavy atom. The van der Waals surface area contributed by atoms with Crippen LogP contribution in [0.2, 0.25) is 0 Å². The zero-order valence-electron chi connectivity index (χ0n) is 11.5. The Balaban J connectivity index is 2.48. The number of hydrogen-bond donors (Lipinski definition) is 2. The number of nitrogens with one attached hydrogen (secondary N) is 1. The van der Waals surface area contributed by atoms with Crippen LogP contribution in [0.25, 0.3) is 0 Å². The Hall–Kier alpha value is -1.49. The molecule has 0 heterocycles. The van der Waals surface area contributed by atoms with Crippen molar-refractivity contribution in [1.82, 2.24) is 5.32 Å². The normalized spacial score (nSPS) is 13.2. The highest BCUT2D eigenvalue weighted by molar-refractivity contribution is 5.82. The van der Waals surface area contributed by atoms with Crippen LogP contribution in [0.3, 0.4) is 0 Å². The number of rotatable bonds is 4. The summed E-state index contributed by atoms with van der Waals surface area (Å²) in [4.78, 5) is 11.7. The van der Waals surface area contributed by atoms with Gasteiger partial charge in [0.1, 0.15) is 11.6 Å². The number of carbonyl (C=O) groups is 1. The summed E-state index contributed by atoms with van der Waals surface area (Å²) in [6.45, 7) is 5.92. The van der Waals surface area contributed by atoms with E-state index in [9.17, 15) is 13.6 Å². The summed E-state index contributed by atoms with van der Waals surface area (Å²) in [7, 11) is 0. The molecule has 1 rings (SSSR count). The number of carbonyl (C=O) groups excluding carboxylic acids is 1. The van der Waals surface area contributed by atoms with Crippen LogP contribution in [0.15, 0.2) is 18.2 Å². The average Bonchev–Trinajstić information content (AvgIpc) is 2.25. The minimum atomic E-state index is -0.618. The average molecular weight is 270 g/mol. The maximum absolute atomic E-state index is 13.0. The third-order valence-electron chi connectivity index (χ3n) is 2.85. The maximum Gasteiger partial charge on any atom is 0.237 e. The smallest absolute Gasteiger partial charge is 0.237 e. The summed E-state index contributed by atoms with van der Waals surface area (Å²) in [6, 6.07) is 2.70. The molecule has 0 radical (unpaired) electrons. The topological polar surface area (TPSA) is 55.1 Å². The minimum absolute atomic E-state index is 0.260. The second-order valence-electron chi connectivity index (χ2n) is 5.66. The van der Waals surface area contributed by atoms with Gasteiger partial charge in [-0.3, -0.25) is 4.79 Å². The summed E-state index contributed by atoms with van der Waals surface area (Å²) in [5.41, 5.74) is 5.97. The monoisotopic (exact) mass is 270 g/mol. The second-order valence-corrected chi connectivity index (χ2v) is 5.66. The first-order valence-corrected chi connectivity index (χ1v) is 6.18. The molecule has 0 saturated heterocycles. The first-order valence-electron chi connectivity index (χ1n) is 6.18. The lowest BCUT2D eigenvalue weighted by atomic mass is 9.87. The van der Waals surface area contributed by atoms with Crippen LogP contribution in [0.5, 0.6) is 0 Å². The quantitative estimate of drug-likeness (QED) is 0.879. The first-order chi connectivity index (χ1) is 8.70. The van der Waals surface area contributed by atoms with Crippen molar-refractivity contribution in [2.45, 2.75) is 33.2 Å². The molecule has 19 heavy (non-hydrogen) atoms. The van der Waals surface area contributed by atoms with Crippen molar-refractivity contribution in [1.29, 1.82) is 0 Å². The number of nitrogens with two attached hydrogens (primary N) is 1. The standard InChI is InChI=1S/C14H20F2N2O/c1-14(2,3)12(17)13(19)18-5-4-9-6-10(15)8-11(16)7-9/h6-8,12H,4-5,17H2,1-3H3,(H,18,19). The van der Waals surface area contributed by atoms with Gasteiger partial charge in [0.15, 0.2) is 0 Å². The van der Waals surface area contributed by atoms with Gasteiger partial charge in [-0.25, -0.2) is 8.78 Å². The van der Waals surface area contributed by atoms with E-state index in [1.807, 2.05) is 20.8 Å². The molecule has 0 aliphatic carbocycles. The number of amides is 1. The molecule has 1 unspecified atom stereocenters. The molecule has 5 heteroatoms. The van der Waals surface area contributed by atoms with Gasteiger partial charge in [0.25, 0.3) is 0 Å². The SMILES string of the molecule is CC(C)(C)C(N)C(=O)NCCc1cc(F)cc(F)c1. The fourth-order valence-electron chi connectivity index (χ4n) is 1.59. The Kier molecular flexibility index (Phi) is 5.00. The van der Waals surface area contributed by atoms with Gasteiger partial charge in [-0.1, -0.05) is 20.8 Å². The van der Waals surface area contributed by atoms with Crippen molar-refractivity contribution >= 4 is 5.91 Å². The third-order valence-corrected chi connectivity index (χ3v) is 2.85. The highest BCUT2D eigenvalue weighted by Crippen LogP contribution is 2.17. The number of hydrogen-bond acceptors (Lipinski definition) is 2. The van der Waals surface area contributed by atoms with Gasteiger partial charge in [-0.15, -0.1) is 0 Å². The molecule has 0 fully saturated rings. The Labute approximate surface area is 112 Å². The molecule has 3 N–H and O–H groups in total. The molecule has 1 amide bonds. The van der Waals surface area contributed by atoms with Gasteiger partial charge in [-0.05, 0) is 29.5 Å². The lowest BCUT2D eigenvalue weighted by Gasteiger charge is -2.25. The highest BCUT2D eigenvalue weighted by Gasteiger charge is 2.26. The Bertz CT molecular complexity index is 435. The molecule has 0 saturated carbocycles. The van der Waals surface area contributed by atoms with E-state index in [1.165, 1.54) is 12.1 Å². The molecule has 1 aromatic rings. The van der Waals surface area contributed by atoms with Crippen LogP contribution >= 0.6 is 0 Å². The fourth-order valence-corrected chi connectivity index (χ4v) is 1.59. The van der Waals surface area contributed by atoms with Gasteiger partial charge in [0.2, 0.25) is 5.91 Å². The molecule has 0 spiro atoms. The molecule has 0 aliphatic heterocycles. The van der Waals surface area contributed by atoms with E-state index < -0.39 is 17.7 Å². The van der Waals surface area contributed by atoms with Crippen molar-refractivity contribution in [3.8, 4) is 0 Å². The summed E-state index contributed by atoms with van der Waals surface area (Å²) < 4.78 is 25.9. The van der Waals surface area contributed by atoms with Crippen LogP contribution in [-0.4, -0.2) is 18.5 Å². The molecule has 0 aliphatic rings. The van der Waals surface area contributed by atoms with Gasteiger partial charge in [-0.2, -0.15) is 0 Å². The zero-order valence-corrected chi connectivity index (χ0v) is 11.5. The maximum atomic E-state index is 13.0. The van der Waals surface area contributed by atoms with Crippen LogP contribution < -0.4 is 11.1 Å². The largest absolute Gasteiger partial charge is 0.354 e. The molecule has 0 aromatic heterocycles. The van der Waals surface area contributed by atoms with Crippen molar-refractivity contribution in [3.63, 3.8) is 0 Å². The van der Waals surface area contributed by atoms with Crippen LogP contribution in [0, 0.1) is 17.0 Å². The molecule has 1 aromatic carbocycles. The summed E-state index contributed by atoms with van der Waals surface area (Å²) >= 11 is 0. The molecule has 0 bridgehead atoms. The van der Waals surface area contributed by atoms with E-state index in [0.29, 0.717) is 18.5 Å². The molecule has 106 valence electrons. The van der Waals surface area contributed by atoms with Crippen molar-refractivity contribution in [3.05, 3.63) is 35.4 Å². The van der Waals surface area contributed by atoms with Gasteiger partial charge < -0.3 is 11.1 Å². The van der Waals surface area contributed by atoms with Crippen molar-refractivity contribution in [2.24, 2.45) is 11.1 Å². The second kappa shape index (κ2) is 6.10. The minimum Gasteiger partial charge on any atom is -0.354 e. The highest BCUT2D eigenvalue weighted by atomic mass is 19.1. The number of halogens is 2. The van der Waals surface area contributed by atoms with E-state index in [0.717, 1.165) is 6.07 Å². The lowest BCUT2D eigenvalue weighted by Crippen LogP contribution is -2.48. The summed E-state index contributed by atoms with van der Waals surface area (Å²) in [6.07, 6.45) is 0.358. The first kappa shape index (κ1) is 15.6. The Morgan fingerprint density at radius 1 is 1.26 bits per heavy atom. The van der Waals surface area contributed by atoms with Crippen LogP contribution in [-0.2, 0) is 11.2 Å². The summed E-state index contributed by atoms with van der Waals surface area (Å²) in [5, 5.41) is 2.67. The fraction of sp³-hybridized carbons (Fsp3) is 0.500. The molecule has 3 nitrogen and oxygen atoms in total. The summed E-state index contributed by atoms with van der Waals surface area (Å²) in [5.74, 6) is -1.50.